The summed E-state index contributed by atoms with van der Waals surface area (Å²) in [5.74, 6) is -2.38. The van der Waals surface area contributed by atoms with Gasteiger partial charge in [-0.2, -0.15) is 0 Å². The predicted molar refractivity (Wildman–Crippen MR) is 98.0 cm³/mol. The van der Waals surface area contributed by atoms with Crippen LogP contribution in [0.1, 0.15) is 30.7 Å². The van der Waals surface area contributed by atoms with Crippen LogP contribution in [-0.4, -0.2) is 30.8 Å². The van der Waals surface area contributed by atoms with Gasteiger partial charge in [-0.3, -0.25) is 4.79 Å². The summed E-state index contributed by atoms with van der Waals surface area (Å²) in [7, 11) is -3.26. The quantitative estimate of drug-likeness (QED) is 0.734. The second kappa shape index (κ2) is 8.68. The van der Waals surface area contributed by atoms with Gasteiger partial charge in [0.05, 0.1) is 11.5 Å². The summed E-state index contributed by atoms with van der Waals surface area (Å²) in [6, 6.07) is 3.66. The lowest BCUT2D eigenvalue weighted by molar-refractivity contribution is -0.115. The van der Waals surface area contributed by atoms with Gasteiger partial charge in [0, 0.05) is 23.9 Å². The van der Waals surface area contributed by atoms with Gasteiger partial charge in [-0.05, 0) is 23.6 Å². The third kappa shape index (κ3) is 6.45. The number of halogens is 2. The summed E-state index contributed by atoms with van der Waals surface area (Å²) in [4.78, 5) is 16.7. The van der Waals surface area contributed by atoms with E-state index in [1.807, 2.05) is 13.8 Å². The highest BCUT2D eigenvalue weighted by molar-refractivity contribution is 7.91. The molecular weight excluding hydrogens is 382 g/mol. The molecule has 142 valence electrons. The topological polar surface area (TPSA) is 76.1 Å². The van der Waals surface area contributed by atoms with Crippen molar-refractivity contribution in [3.8, 4) is 0 Å². The van der Waals surface area contributed by atoms with Gasteiger partial charge in [0.1, 0.15) is 0 Å². The minimum atomic E-state index is -3.26. The molecule has 1 aromatic heterocycles. The molecule has 0 atom stereocenters. The largest absolute Gasteiger partial charge is 0.302 e. The number of nitrogens with zero attached hydrogens (tertiary/aromatic N) is 1. The maximum absolute atomic E-state index is 13.2. The van der Waals surface area contributed by atoms with E-state index >= 15 is 0 Å². The first kappa shape index (κ1) is 20.4. The Morgan fingerprint density at radius 3 is 2.65 bits per heavy atom. The Bertz CT molecular complexity index is 880. The van der Waals surface area contributed by atoms with Gasteiger partial charge < -0.3 is 5.32 Å². The van der Waals surface area contributed by atoms with Gasteiger partial charge in [-0.15, -0.1) is 11.3 Å². The summed E-state index contributed by atoms with van der Waals surface area (Å²) < 4.78 is 49.8. The number of amides is 1. The molecule has 0 aliphatic rings. The predicted octanol–water partition coefficient (Wildman–Crippen LogP) is 3.41. The van der Waals surface area contributed by atoms with Crippen LogP contribution >= 0.6 is 11.3 Å². The molecule has 0 aliphatic heterocycles. The minimum Gasteiger partial charge on any atom is -0.302 e. The molecule has 26 heavy (non-hydrogen) atoms. The van der Waals surface area contributed by atoms with Crippen LogP contribution < -0.4 is 5.32 Å². The number of hydrogen-bond acceptors (Lipinski definition) is 5. The van der Waals surface area contributed by atoms with Gasteiger partial charge in [-0.1, -0.05) is 19.9 Å². The van der Waals surface area contributed by atoms with E-state index in [0.29, 0.717) is 17.1 Å². The second-order valence-corrected chi connectivity index (χ2v) is 9.71. The van der Waals surface area contributed by atoms with E-state index in [-0.39, 0.29) is 23.8 Å². The Labute approximate surface area is 155 Å². The summed E-state index contributed by atoms with van der Waals surface area (Å²) in [5.41, 5.74) is 0.588. The van der Waals surface area contributed by atoms with E-state index in [4.69, 9.17) is 0 Å². The van der Waals surface area contributed by atoms with E-state index in [2.05, 4.69) is 10.3 Å². The van der Waals surface area contributed by atoms with Crippen LogP contribution in [0.5, 0.6) is 0 Å². The number of benzene rings is 1. The van der Waals surface area contributed by atoms with E-state index < -0.39 is 27.4 Å². The van der Waals surface area contributed by atoms with Crippen molar-refractivity contribution in [3.63, 3.8) is 0 Å². The third-order valence-corrected chi connectivity index (χ3v) is 6.30. The number of carbonyl (C=O) groups is 1. The van der Waals surface area contributed by atoms with Crippen molar-refractivity contribution in [2.24, 2.45) is 5.92 Å². The van der Waals surface area contributed by atoms with Gasteiger partial charge in [-0.25, -0.2) is 22.2 Å². The number of carbonyl (C=O) groups excluding carboxylic acids is 1. The number of hydrogen-bond donors (Lipinski definition) is 1. The normalized spacial score (nSPS) is 11.7. The van der Waals surface area contributed by atoms with Crippen LogP contribution in [0.4, 0.5) is 13.9 Å². The Hall–Kier alpha value is -1.87. The fraction of sp³-hybridized carbons (Fsp3) is 0.412. The molecule has 1 aromatic carbocycles. The number of anilines is 1. The zero-order chi connectivity index (χ0) is 19.3. The van der Waals surface area contributed by atoms with Crippen molar-refractivity contribution in [2.75, 3.05) is 16.8 Å². The third-order valence-electron chi connectivity index (χ3n) is 3.39. The standard InChI is InChI=1S/C17H20F2N2O3S2/c1-11(2)10-26(23,24)6-5-16(22)21-17-20-9-13(25-17)7-12-3-4-14(18)15(19)8-12/h3-4,8-9,11H,5-7,10H2,1-2H3,(H,20,21,22). The van der Waals surface area contributed by atoms with Crippen molar-refractivity contribution in [3.05, 3.63) is 46.5 Å². The molecule has 0 unspecified atom stereocenters. The van der Waals surface area contributed by atoms with E-state index in [0.717, 1.165) is 17.0 Å². The van der Waals surface area contributed by atoms with Crippen LogP contribution in [0.3, 0.4) is 0 Å². The zero-order valence-corrected chi connectivity index (χ0v) is 16.1. The van der Waals surface area contributed by atoms with Gasteiger partial charge in [0.25, 0.3) is 0 Å². The number of thiazole rings is 1. The van der Waals surface area contributed by atoms with Crippen molar-refractivity contribution in [1.29, 1.82) is 0 Å². The first-order chi connectivity index (χ1) is 12.1. The fourth-order valence-electron chi connectivity index (χ4n) is 2.32. The van der Waals surface area contributed by atoms with Crippen LogP contribution in [0, 0.1) is 17.6 Å². The summed E-state index contributed by atoms with van der Waals surface area (Å²) in [6.07, 6.45) is 1.76. The van der Waals surface area contributed by atoms with Crippen LogP contribution in [-0.2, 0) is 21.1 Å². The number of sulfone groups is 1. The number of aromatic nitrogens is 1. The lowest BCUT2D eigenvalue weighted by Gasteiger charge is -2.06. The monoisotopic (exact) mass is 402 g/mol. The van der Waals surface area contributed by atoms with E-state index in [1.54, 1.807) is 0 Å². The van der Waals surface area contributed by atoms with Crippen molar-refractivity contribution < 1.29 is 22.0 Å². The molecule has 2 rings (SSSR count). The van der Waals surface area contributed by atoms with Crippen molar-refractivity contribution in [1.82, 2.24) is 4.98 Å². The first-order valence-corrected chi connectivity index (χ1v) is 10.7. The SMILES string of the molecule is CC(C)CS(=O)(=O)CCC(=O)Nc1ncc(Cc2ccc(F)c(F)c2)s1. The Kier molecular flexibility index (Phi) is 6.82. The molecule has 1 N–H and O–H groups in total. The first-order valence-electron chi connectivity index (χ1n) is 8.03. The highest BCUT2D eigenvalue weighted by Crippen LogP contribution is 2.22. The lowest BCUT2D eigenvalue weighted by Crippen LogP contribution is -2.20. The second-order valence-electron chi connectivity index (χ2n) is 6.36. The highest BCUT2D eigenvalue weighted by atomic mass is 32.2. The Morgan fingerprint density at radius 1 is 1.27 bits per heavy atom. The average Bonchev–Trinajstić information content (AvgIpc) is 2.95. The van der Waals surface area contributed by atoms with E-state index in [1.165, 1.54) is 23.6 Å². The van der Waals surface area contributed by atoms with E-state index in [9.17, 15) is 22.0 Å². The van der Waals surface area contributed by atoms with Crippen molar-refractivity contribution in [2.45, 2.75) is 26.7 Å². The molecule has 5 nitrogen and oxygen atoms in total. The lowest BCUT2D eigenvalue weighted by atomic mass is 10.1. The molecule has 1 heterocycles. The number of nitrogens with one attached hydrogen (secondary N) is 1. The molecule has 0 radical (unpaired) electrons. The average molecular weight is 402 g/mol. The minimum absolute atomic E-state index is 0.0147. The molecule has 0 bridgehead atoms. The van der Waals surface area contributed by atoms with Crippen LogP contribution in [0.15, 0.2) is 24.4 Å². The number of rotatable bonds is 8. The molecule has 0 fully saturated rings. The molecule has 9 heteroatoms. The molecule has 0 spiro atoms. The summed E-state index contributed by atoms with van der Waals surface area (Å²) in [6.45, 7) is 3.61. The summed E-state index contributed by atoms with van der Waals surface area (Å²) >= 11 is 1.20. The maximum Gasteiger partial charge on any atom is 0.227 e. The molecule has 0 aliphatic carbocycles. The summed E-state index contributed by atoms with van der Waals surface area (Å²) in [5, 5.41) is 2.91. The van der Waals surface area contributed by atoms with Crippen LogP contribution in [0.2, 0.25) is 0 Å². The molecule has 0 saturated carbocycles. The molecule has 2 aromatic rings. The highest BCUT2D eigenvalue weighted by Gasteiger charge is 2.16. The molecule has 1 amide bonds. The maximum atomic E-state index is 13.2. The van der Waals surface area contributed by atoms with Crippen LogP contribution in [0.25, 0.3) is 0 Å². The van der Waals surface area contributed by atoms with Crippen molar-refractivity contribution >= 4 is 32.2 Å². The molecular formula is C17H20F2N2O3S2. The Balaban J connectivity index is 1.89. The Morgan fingerprint density at radius 2 is 2.00 bits per heavy atom. The smallest absolute Gasteiger partial charge is 0.227 e. The zero-order valence-electron chi connectivity index (χ0n) is 14.5. The van der Waals surface area contributed by atoms with Gasteiger partial charge >= 0.3 is 0 Å². The van der Waals surface area contributed by atoms with Gasteiger partial charge in [0.15, 0.2) is 26.6 Å². The molecule has 0 saturated heterocycles. The fourth-order valence-corrected chi connectivity index (χ4v) is 4.86. The van der Waals surface area contributed by atoms with Gasteiger partial charge in [0.2, 0.25) is 5.91 Å².